The molecule has 34 heavy (non-hydrogen) atoms. The van der Waals surface area contributed by atoms with Crippen molar-refractivity contribution in [2.75, 3.05) is 6.61 Å². The van der Waals surface area contributed by atoms with Gasteiger partial charge in [-0.2, -0.15) is 0 Å². The highest BCUT2D eigenvalue weighted by Crippen LogP contribution is 2.44. The molecular formula is C27H30N2O5. The van der Waals surface area contributed by atoms with Crippen molar-refractivity contribution in [2.24, 2.45) is 5.92 Å². The summed E-state index contributed by atoms with van der Waals surface area (Å²) in [6, 6.07) is 15.2. The number of hydrogen-bond donors (Lipinski definition) is 3. The van der Waals surface area contributed by atoms with Crippen molar-refractivity contribution in [3.8, 4) is 11.1 Å². The Hall–Kier alpha value is -3.61. The van der Waals surface area contributed by atoms with E-state index >= 15 is 0 Å². The number of carboxylic acid groups (broad SMARTS) is 1. The number of carbonyl (C=O) groups is 3. The molecule has 2 aromatic carbocycles. The molecule has 7 nitrogen and oxygen atoms in total. The second kappa shape index (κ2) is 10.1. The summed E-state index contributed by atoms with van der Waals surface area (Å²) in [5.74, 6) is -1.67. The molecule has 0 bridgehead atoms. The molecule has 0 aromatic heterocycles. The van der Waals surface area contributed by atoms with Crippen molar-refractivity contribution < 1.29 is 24.2 Å². The molecule has 7 heteroatoms. The number of alkyl carbamates (subject to hydrolysis) is 1. The monoisotopic (exact) mass is 462 g/mol. The Labute approximate surface area is 199 Å². The molecule has 0 heterocycles. The van der Waals surface area contributed by atoms with E-state index in [2.05, 4.69) is 34.9 Å². The van der Waals surface area contributed by atoms with Gasteiger partial charge in [-0.05, 0) is 55.4 Å². The number of allylic oxidation sites excluding steroid dienone is 1. The van der Waals surface area contributed by atoms with E-state index in [0.717, 1.165) is 16.7 Å². The van der Waals surface area contributed by atoms with Gasteiger partial charge in [0.25, 0.3) is 0 Å². The molecule has 1 saturated carbocycles. The van der Waals surface area contributed by atoms with Gasteiger partial charge in [0.1, 0.15) is 12.6 Å². The lowest BCUT2D eigenvalue weighted by atomic mass is 9.79. The molecule has 1 atom stereocenters. The van der Waals surface area contributed by atoms with Crippen molar-refractivity contribution in [3.05, 3.63) is 71.3 Å². The summed E-state index contributed by atoms with van der Waals surface area (Å²) >= 11 is 0. The Bertz CT molecular complexity index is 1070. The van der Waals surface area contributed by atoms with Crippen LogP contribution in [0.25, 0.3) is 11.1 Å². The van der Waals surface area contributed by atoms with Crippen LogP contribution in [0.3, 0.4) is 0 Å². The summed E-state index contributed by atoms with van der Waals surface area (Å²) in [5.41, 5.74) is 5.64. The van der Waals surface area contributed by atoms with Crippen LogP contribution in [0, 0.1) is 5.92 Å². The Morgan fingerprint density at radius 1 is 1.03 bits per heavy atom. The maximum absolute atomic E-state index is 12.4. The van der Waals surface area contributed by atoms with Crippen molar-refractivity contribution in [1.29, 1.82) is 0 Å². The average molecular weight is 463 g/mol. The first-order valence-electron chi connectivity index (χ1n) is 11.6. The fourth-order valence-electron chi connectivity index (χ4n) is 4.62. The van der Waals surface area contributed by atoms with Crippen LogP contribution in [0.4, 0.5) is 4.79 Å². The van der Waals surface area contributed by atoms with E-state index < -0.39 is 18.1 Å². The van der Waals surface area contributed by atoms with Crippen LogP contribution in [0.1, 0.15) is 50.2 Å². The van der Waals surface area contributed by atoms with E-state index in [0.29, 0.717) is 12.8 Å². The smallest absolute Gasteiger partial charge is 0.407 e. The molecule has 0 saturated heterocycles. The molecule has 0 radical (unpaired) electrons. The molecule has 4 rings (SSSR count). The molecule has 2 aromatic rings. The third-order valence-corrected chi connectivity index (χ3v) is 6.55. The van der Waals surface area contributed by atoms with E-state index in [-0.39, 0.29) is 36.8 Å². The fraction of sp³-hybridized carbons (Fsp3) is 0.370. The fourth-order valence-corrected chi connectivity index (χ4v) is 4.62. The van der Waals surface area contributed by atoms with Gasteiger partial charge >= 0.3 is 12.1 Å². The Kier molecular flexibility index (Phi) is 7.01. The lowest BCUT2D eigenvalue weighted by molar-refractivity contribution is -0.143. The molecule has 2 amide bonds. The number of nitrogens with one attached hydrogen (secondary N) is 2. The first-order chi connectivity index (χ1) is 16.3. The molecule has 3 N–H and O–H groups in total. The minimum absolute atomic E-state index is 0.00757. The Balaban J connectivity index is 1.25. The Morgan fingerprint density at radius 3 is 2.18 bits per heavy atom. The van der Waals surface area contributed by atoms with Crippen molar-refractivity contribution in [3.63, 3.8) is 0 Å². The van der Waals surface area contributed by atoms with Gasteiger partial charge in [0.05, 0.1) is 0 Å². The third kappa shape index (κ3) is 5.14. The SMILES string of the molecule is CC(C)=CCC(NC(=O)C1CC(NC(=O)OCC2c3ccccc3-c3ccccc32)C1)C(=O)O. The van der Waals surface area contributed by atoms with Crippen molar-refractivity contribution in [2.45, 2.75) is 51.1 Å². The van der Waals surface area contributed by atoms with Crippen LogP contribution in [-0.4, -0.2) is 41.8 Å². The lowest BCUT2D eigenvalue weighted by Crippen LogP contribution is -2.52. The van der Waals surface area contributed by atoms with Crippen LogP contribution in [0.5, 0.6) is 0 Å². The van der Waals surface area contributed by atoms with E-state index in [4.69, 9.17) is 4.74 Å². The molecule has 0 spiro atoms. The zero-order chi connectivity index (χ0) is 24.2. The molecule has 1 fully saturated rings. The largest absolute Gasteiger partial charge is 0.480 e. The van der Waals surface area contributed by atoms with Gasteiger partial charge in [0, 0.05) is 17.9 Å². The topological polar surface area (TPSA) is 105 Å². The first kappa shape index (κ1) is 23.5. The predicted octanol–water partition coefficient (Wildman–Crippen LogP) is 4.23. The average Bonchev–Trinajstić information content (AvgIpc) is 3.10. The number of aliphatic carboxylic acids is 1. The number of hydrogen-bond acceptors (Lipinski definition) is 4. The van der Waals surface area contributed by atoms with Crippen LogP contribution in [0.2, 0.25) is 0 Å². The number of benzene rings is 2. The van der Waals surface area contributed by atoms with E-state index in [1.54, 1.807) is 6.08 Å². The zero-order valence-corrected chi connectivity index (χ0v) is 19.4. The van der Waals surface area contributed by atoms with Crippen LogP contribution < -0.4 is 10.6 Å². The summed E-state index contributed by atoms with van der Waals surface area (Å²) in [7, 11) is 0. The number of rotatable bonds is 8. The second-order valence-corrected chi connectivity index (χ2v) is 9.25. The number of carboxylic acids is 1. The minimum Gasteiger partial charge on any atom is -0.480 e. The van der Waals surface area contributed by atoms with Crippen molar-refractivity contribution >= 4 is 18.0 Å². The summed E-state index contributed by atoms with van der Waals surface area (Å²) in [6.07, 6.45) is 2.47. The number of ether oxygens (including phenoxy) is 1. The summed E-state index contributed by atoms with van der Waals surface area (Å²) in [5, 5.41) is 14.8. The van der Waals surface area contributed by atoms with E-state index in [9.17, 15) is 19.5 Å². The maximum atomic E-state index is 12.4. The molecule has 2 aliphatic carbocycles. The second-order valence-electron chi connectivity index (χ2n) is 9.25. The maximum Gasteiger partial charge on any atom is 0.407 e. The molecule has 1 unspecified atom stereocenters. The lowest BCUT2D eigenvalue weighted by Gasteiger charge is -2.35. The van der Waals surface area contributed by atoms with Gasteiger partial charge in [-0.15, -0.1) is 0 Å². The van der Waals surface area contributed by atoms with Crippen LogP contribution in [0.15, 0.2) is 60.2 Å². The quantitative estimate of drug-likeness (QED) is 0.509. The molecule has 0 aliphatic heterocycles. The normalized spacial score (nSPS) is 19.1. The van der Waals surface area contributed by atoms with Gasteiger partial charge in [-0.1, -0.05) is 60.2 Å². The van der Waals surface area contributed by atoms with Gasteiger partial charge < -0.3 is 20.5 Å². The Morgan fingerprint density at radius 2 is 1.62 bits per heavy atom. The molecule has 178 valence electrons. The van der Waals surface area contributed by atoms with E-state index in [1.165, 1.54) is 11.1 Å². The van der Waals surface area contributed by atoms with Gasteiger partial charge in [0.15, 0.2) is 0 Å². The minimum atomic E-state index is -1.06. The predicted molar refractivity (Wildman–Crippen MR) is 128 cm³/mol. The highest BCUT2D eigenvalue weighted by Gasteiger charge is 2.37. The van der Waals surface area contributed by atoms with Crippen molar-refractivity contribution in [1.82, 2.24) is 10.6 Å². The van der Waals surface area contributed by atoms with E-state index in [1.807, 2.05) is 38.1 Å². The van der Waals surface area contributed by atoms with Gasteiger partial charge in [-0.3, -0.25) is 4.79 Å². The third-order valence-electron chi connectivity index (χ3n) is 6.55. The first-order valence-corrected chi connectivity index (χ1v) is 11.6. The molecule has 2 aliphatic rings. The number of fused-ring (bicyclic) bond motifs is 3. The van der Waals surface area contributed by atoms with Gasteiger partial charge in [0.2, 0.25) is 5.91 Å². The van der Waals surface area contributed by atoms with Crippen LogP contribution in [-0.2, 0) is 14.3 Å². The number of amides is 2. The van der Waals surface area contributed by atoms with Gasteiger partial charge in [-0.25, -0.2) is 9.59 Å². The molecular weight excluding hydrogens is 432 g/mol. The summed E-state index contributed by atoms with van der Waals surface area (Å²) in [4.78, 5) is 36.2. The highest BCUT2D eigenvalue weighted by atomic mass is 16.5. The highest BCUT2D eigenvalue weighted by molar-refractivity contribution is 5.86. The zero-order valence-electron chi connectivity index (χ0n) is 19.4. The van der Waals surface area contributed by atoms with Crippen LogP contribution >= 0.6 is 0 Å². The summed E-state index contributed by atoms with van der Waals surface area (Å²) < 4.78 is 5.56. The number of carbonyl (C=O) groups excluding carboxylic acids is 2. The standard InChI is InChI=1S/C27H30N2O5/c1-16(2)11-12-24(26(31)32)29-25(30)17-13-18(14-17)28-27(33)34-15-23-21-9-5-3-7-19(21)20-8-4-6-10-22(20)23/h3-11,17-18,23-24H,12-15H2,1-2H3,(H,28,33)(H,29,30)(H,31,32). The summed E-state index contributed by atoms with van der Waals surface area (Å²) in [6.45, 7) is 4.00.